The van der Waals surface area contributed by atoms with Crippen LogP contribution in [0.15, 0.2) is 57.2 Å². The Bertz CT molecular complexity index is 749. The van der Waals surface area contributed by atoms with E-state index in [9.17, 15) is 4.79 Å². The summed E-state index contributed by atoms with van der Waals surface area (Å²) >= 11 is 1.37. The van der Waals surface area contributed by atoms with Crippen LogP contribution in [0.25, 0.3) is 6.08 Å². The first-order chi connectivity index (χ1) is 11.2. The number of carbonyl (C=O) groups is 1. The Morgan fingerprint density at radius 3 is 2.70 bits per heavy atom. The van der Waals surface area contributed by atoms with E-state index in [-0.39, 0.29) is 5.91 Å². The van der Waals surface area contributed by atoms with E-state index in [2.05, 4.69) is 4.99 Å². The van der Waals surface area contributed by atoms with Crippen LogP contribution in [0.2, 0.25) is 0 Å². The van der Waals surface area contributed by atoms with Gasteiger partial charge in [0.2, 0.25) is 0 Å². The summed E-state index contributed by atoms with van der Waals surface area (Å²) in [6, 6.07) is 9.24. The molecule has 0 atom stereocenters. The topological polar surface area (TPSA) is 55.0 Å². The lowest BCUT2D eigenvalue weighted by Gasteiger charge is -2.12. The molecule has 1 aliphatic heterocycles. The third kappa shape index (κ3) is 3.32. The molecule has 1 saturated heterocycles. The molecule has 118 valence electrons. The molecule has 0 bridgehead atoms. The molecule has 1 amide bonds. The number of benzene rings is 1. The van der Waals surface area contributed by atoms with Crippen molar-refractivity contribution in [2.24, 2.45) is 4.99 Å². The number of amides is 1. The predicted molar refractivity (Wildman–Crippen MR) is 91.8 cm³/mol. The Kier molecular flexibility index (Phi) is 4.52. The molecule has 0 radical (unpaired) electrons. The van der Waals surface area contributed by atoms with Crippen LogP contribution in [0.4, 0.5) is 5.69 Å². The minimum absolute atomic E-state index is 0.0361. The Labute approximate surface area is 138 Å². The number of likely N-dealkylation sites (N-methyl/N-ethyl adjacent to an activating group) is 1. The molecule has 1 aliphatic rings. The normalized spacial score (nSPS) is 18.2. The fourth-order valence-electron chi connectivity index (χ4n) is 2.15. The molecule has 0 N–H and O–H groups in total. The summed E-state index contributed by atoms with van der Waals surface area (Å²) in [5.41, 5.74) is 1.65. The number of hydrogen-bond acceptors (Lipinski definition) is 5. The molecule has 0 spiro atoms. The predicted octanol–water partition coefficient (Wildman–Crippen LogP) is 3.91. The van der Waals surface area contributed by atoms with Crippen molar-refractivity contribution in [3.8, 4) is 5.75 Å². The van der Waals surface area contributed by atoms with E-state index >= 15 is 0 Å². The smallest absolute Gasteiger partial charge is 0.266 e. The van der Waals surface area contributed by atoms with Gasteiger partial charge in [0, 0.05) is 12.1 Å². The van der Waals surface area contributed by atoms with E-state index in [1.165, 1.54) is 11.8 Å². The van der Waals surface area contributed by atoms with Crippen molar-refractivity contribution < 1.29 is 13.9 Å². The summed E-state index contributed by atoms with van der Waals surface area (Å²) in [7, 11) is 1.62. The van der Waals surface area contributed by atoms with Gasteiger partial charge in [0.05, 0.1) is 30.2 Å². The summed E-state index contributed by atoms with van der Waals surface area (Å²) in [5, 5.41) is 0.678. The van der Waals surface area contributed by atoms with E-state index in [0.717, 1.165) is 17.0 Å². The van der Waals surface area contributed by atoms with E-state index in [1.54, 1.807) is 24.5 Å². The Morgan fingerprint density at radius 2 is 2.09 bits per heavy atom. The summed E-state index contributed by atoms with van der Waals surface area (Å²) in [4.78, 5) is 19.4. The number of methoxy groups -OCH3 is 1. The molecule has 23 heavy (non-hydrogen) atoms. The average molecular weight is 328 g/mol. The average Bonchev–Trinajstić information content (AvgIpc) is 3.17. The second-order valence-corrected chi connectivity index (χ2v) is 5.82. The first kappa shape index (κ1) is 15.4. The third-order valence-corrected chi connectivity index (χ3v) is 4.35. The van der Waals surface area contributed by atoms with E-state index in [4.69, 9.17) is 9.15 Å². The van der Waals surface area contributed by atoms with Crippen molar-refractivity contribution in [2.45, 2.75) is 6.92 Å². The summed E-state index contributed by atoms with van der Waals surface area (Å²) in [6.45, 7) is 2.51. The highest BCUT2D eigenvalue weighted by atomic mass is 32.2. The lowest BCUT2D eigenvalue weighted by atomic mass is 10.3. The maximum atomic E-state index is 12.5. The fraction of sp³-hybridized carbons (Fsp3) is 0.176. The molecule has 0 saturated carbocycles. The molecule has 0 aliphatic carbocycles. The molecule has 1 fully saturated rings. The van der Waals surface area contributed by atoms with Gasteiger partial charge < -0.3 is 9.15 Å². The van der Waals surface area contributed by atoms with Crippen LogP contribution in [0.1, 0.15) is 12.5 Å². The SMILES string of the molecule is CCN1C(=O)/C(=C\c2ccoc2)SC1=Nc1ccc(OC)cc1. The number of amidine groups is 1. The van der Waals surface area contributed by atoms with Crippen LogP contribution in [-0.4, -0.2) is 29.6 Å². The minimum Gasteiger partial charge on any atom is -0.497 e. The van der Waals surface area contributed by atoms with Crippen molar-refractivity contribution in [3.63, 3.8) is 0 Å². The third-order valence-electron chi connectivity index (χ3n) is 3.34. The largest absolute Gasteiger partial charge is 0.497 e. The van der Waals surface area contributed by atoms with Crippen molar-refractivity contribution in [2.75, 3.05) is 13.7 Å². The number of hydrogen-bond donors (Lipinski definition) is 0. The number of carbonyl (C=O) groups excluding carboxylic acids is 1. The van der Waals surface area contributed by atoms with Crippen LogP contribution >= 0.6 is 11.8 Å². The molecular formula is C17H16N2O3S. The van der Waals surface area contributed by atoms with Crippen LogP contribution < -0.4 is 4.74 Å². The first-order valence-electron chi connectivity index (χ1n) is 7.17. The molecule has 2 heterocycles. The van der Waals surface area contributed by atoms with Gasteiger partial charge in [-0.15, -0.1) is 0 Å². The second kappa shape index (κ2) is 6.75. The summed E-state index contributed by atoms with van der Waals surface area (Å²) < 4.78 is 10.2. The van der Waals surface area contributed by atoms with Crippen molar-refractivity contribution in [1.82, 2.24) is 4.90 Å². The highest BCUT2D eigenvalue weighted by Gasteiger charge is 2.32. The number of aliphatic imine (C=N–C) groups is 1. The molecule has 1 aromatic heterocycles. The van der Waals surface area contributed by atoms with Gasteiger partial charge in [-0.3, -0.25) is 9.69 Å². The number of furan rings is 1. The summed E-state index contributed by atoms with van der Waals surface area (Å²) in [5.74, 6) is 0.739. The van der Waals surface area contributed by atoms with Gasteiger partial charge in [0.15, 0.2) is 5.17 Å². The Hall–Kier alpha value is -2.47. The van der Waals surface area contributed by atoms with Crippen LogP contribution in [0.5, 0.6) is 5.75 Å². The second-order valence-electron chi connectivity index (χ2n) is 4.81. The van der Waals surface area contributed by atoms with Crippen LogP contribution in [0, 0.1) is 0 Å². The van der Waals surface area contributed by atoms with Gasteiger partial charge in [-0.25, -0.2) is 4.99 Å². The van der Waals surface area contributed by atoms with Gasteiger partial charge in [0.1, 0.15) is 5.75 Å². The lowest BCUT2D eigenvalue weighted by molar-refractivity contribution is -0.122. The first-order valence-corrected chi connectivity index (χ1v) is 7.99. The van der Waals surface area contributed by atoms with Crippen molar-refractivity contribution >= 4 is 34.6 Å². The maximum Gasteiger partial charge on any atom is 0.266 e. The van der Waals surface area contributed by atoms with Crippen molar-refractivity contribution in [3.05, 3.63) is 53.3 Å². The molecule has 6 heteroatoms. The molecule has 0 unspecified atom stereocenters. The summed E-state index contributed by atoms with van der Waals surface area (Å²) in [6.07, 6.45) is 5.01. The van der Waals surface area contributed by atoms with Crippen molar-refractivity contribution in [1.29, 1.82) is 0 Å². The fourth-order valence-corrected chi connectivity index (χ4v) is 3.21. The van der Waals surface area contributed by atoms with Gasteiger partial charge in [-0.05, 0) is 55.1 Å². The van der Waals surface area contributed by atoms with E-state index < -0.39 is 0 Å². The lowest BCUT2D eigenvalue weighted by Crippen LogP contribution is -2.28. The monoisotopic (exact) mass is 328 g/mol. The van der Waals surface area contributed by atoms with Crippen LogP contribution in [-0.2, 0) is 4.79 Å². The number of rotatable bonds is 4. The standard InChI is InChI=1S/C17H16N2O3S/c1-3-19-16(20)15(10-12-8-9-22-11-12)23-17(19)18-13-4-6-14(21-2)7-5-13/h4-11H,3H2,1-2H3/b15-10+,18-17?. The zero-order chi connectivity index (χ0) is 16.2. The Morgan fingerprint density at radius 1 is 1.30 bits per heavy atom. The molecule has 3 rings (SSSR count). The zero-order valence-electron chi connectivity index (χ0n) is 12.9. The van der Waals surface area contributed by atoms with Gasteiger partial charge >= 0.3 is 0 Å². The van der Waals surface area contributed by atoms with Gasteiger partial charge in [-0.2, -0.15) is 0 Å². The Balaban J connectivity index is 1.89. The number of thioether (sulfide) groups is 1. The quantitative estimate of drug-likeness (QED) is 0.799. The maximum absolute atomic E-state index is 12.5. The highest BCUT2D eigenvalue weighted by Crippen LogP contribution is 2.34. The van der Waals surface area contributed by atoms with E-state index in [1.807, 2.05) is 43.3 Å². The molecule has 5 nitrogen and oxygen atoms in total. The van der Waals surface area contributed by atoms with Crippen LogP contribution in [0.3, 0.4) is 0 Å². The highest BCUT2D eigenvalue weighted by molar-refractivity contribution is 8.18. The molecular weight excluding hydrogens is 312 g/mol. The zero-order valence-corrected chi connectivity index (χ0v) is 13.7. The van der Waals surface area contributed by atoms with Gasteiger partial charge in [-0.1, -0.05) is 0 Å². The minimum atomic E-state index is -0.0361. The molecule has 1 aromatic carbocycles. The van der Waals surface area contributed by atoms with E-state index in [0.29, 0.717) is 16.6 Å². The number of nitrogens with zero attached hydrogens (tertiary/aromatic N) is 2. The van der Waals surface area contributed by atoms with Gasteiger partial charge in [0.25, 0.3) is 5.91 Å². The molecule has 2 aromatic rings. The number of ether oxygens (including phenoxy) is 1.